The topological polar surface area (TPSA) is 17.8 Å². The normalized spacial score (nSPS) is 16.1. The van der Waals surface area contributed by atoms with Crippen LogP contribution in [0.25, 0.3) is 82.4 Å². The SMILES string of the molecule is [2H]c1c([2H])c([2H])c2c([2H])c(-c3c4c([2H])c([2H])c([2H])c([2H])c4c(-c4cccc(-c5cccc(-n6c(CC)nc7ccccc76)c5)c4)c4c([2H])c([2H])c([2H])c([2H])c34)c([2H])c([2H])c2c1[2H]. The van der Waals surface area contributed by atoms with Gasteiger partial charge in [0, 0.05) is 12.1 Å². The van der Waals surface area contributed by atoms with Crippen LogP contribution in [0, 0.1) is 0 Å². The summed E-state index contributed by atoms with van der Waals surface area (Å²) >= 11 is 0. The first-order valence-electron chi connectivity index (χ1n) is 22.6. The van der Waals surface area contributed by atoms with Gasteiger partial charge in [0.2, 0.25) is 0 Å². The largest absolute Gasteiger partial charge is 0.296 e. The van der Waals surface area contributed by atoms with Crippen molar-refractivity contribution in [3.63, 3.8) is 0 Å². The Labute approximate surface area is 295 Å². The van der Waals surface area contributed by atoms with Gasteiger partial charge in [-0.2, -0.15) is 0 Å². The van der Waals surface area contributed by atoms with Crippen molar-refractivity contribution < 1.29 is 20.6 Å². The summed E-state index contributed by atoms with van der Waals surface area (Å²) in [7, 11) is 0. The Kier molecular flexibility index (Phi) is 3.79. The summed E-state index contributed by atoms with van der Waals surface area (Å²) in [4.78, 5) is 4.83. The third-order valence-corrected chi connectivity index (χ3v) is 8.41. The molecule has 2 heteroatoms. The van der Waals surface area contributed by atoms with Gasteiger partial charge in [-0.25, -0.2) is 4.98 Å². The molecule has 1 heterocycles. The lowest BCUT2D eigenvalue weighted by Crippen LogP contribution is -2.00. The molecule has 2 nitrogen and oxygen atoms in total. The Bertz CT molecular complexity index is 3390. The van der Waals surface area contributed by atoms with Gasteiger partial charge < -0.3 is 0 Å². The summed E-state index contributed by atoms with van der Waals surface area (Å²) < 4.78 is 136. The molecular formula is C45H32N2. The number of aryl methyl sites for hydroxylation is 1. The number of hydrogen-bond donors (Lipinski definition) is 0. The first kappa shape index (κ1) is 16.0. The van der Waals surface area contributed by atoms with E-state index in [0.717, 1.165) is 28.1 Å². The summed E-state index contributed by atoms with van der Waals surface area (Å²) in [6.45, 7) is 2.03. The summed E-state index contributed by atoms with van der Waals surface area (Å²) in [5.41, 5.74) is 3.56. The maximum Gasteiger partial charge on any atom is 0.114 e. The fraction of sp³-hybridized carbons (Fsp3) is 0.0444. The van der Waals surface area contributed by atoms with E-state index < -0.39 is 107 Å². The van der Waals surface area contributed by atoms with Crippen LogP contribution in [0.4, 0.5) is 0 Å². The second kappa shape index (κ2) is 11.1. The van der Waals surface area contributed by atoms with Crippen LogP contribution in [0.3, 0.4) is 0 Å². The molecule has 9 rings (SSSR count). The molecule has 0 aliphatic carbocycles. The van der Waals surface area contributed by atoms with Gasteiger partial charge in [0.05, 0.1) is 31.6 Å². The van der Waals surface area contributed by atoms with E-state index in [1.807, 2.05) is 61.5 Å². The average Bonchev–Trinajstić information content (AvgIpc) is 3.67. The van der Waals surface area contributed by atoms with Crippen molar-refractivity contribution >= 4 is 43.4 Å². The molecule has 0 bridgehead atoms. The lowest BCUT2D eigenvalue weighted by Gasteiger charge is -2.18. The summed E-state index contributed by atoms with van der Waals surface area (Å²) in [6.07, 6.45) is 0.667. The Balaban J connectivity index is 1.43. The van der Waals surface area contributed by atoms with Crippen LogP contribution < -0.4 is 0 Å². The number of fused-ring (bicyclic) bond motifs is 4. The Morgan fingerprint density at radius 2 is 1.15 bits per heavy atom. The van der Waals surface area contributed by atoms with E-state index >= 15 is 0 Å². The lowest BCUT2D eigenvalue weighted by molar-refractivity contribution is 0.908. The molecule has 0 radical (unpaired) electrons. The molecule has 0 atom stereocenters. The zero-order valence-electron chi connectivity index (χ0n) is 40.0. The van der Waals surface area contributed by atoms with Crippen LogP contribution in [0.1, 0.15) is 33.3 Å². The fourth-order valence-electron chi connectivity index (χ4n) is 6.35. The minimum Gasteiger partial charge on any atom is -0.296 e. The molecule has 222 valence electrons. The molecule has 8 aromatic carbocycles. The van der Waals surface area contributed by atoms with E-state index in [-0.39, 0.29) is 32.7 Å². The Morgan fingerprint density at radius 3 is 1.87 bits per heavy atom. The second-order valence-electron chi connectivity index (χ2n) is 11.1. The molecule has 0 fully saturated rings. The van der Waals surface area contributed by atoms with E-state index in [9.17, 15) is 8.22 Å². The van der Waals surface area contributed by atoms with Crippen molar-refractivity contribution in [2.75, 3.05) is 0 Å². The molecule has 0 aliphatic heterocycles. The highest BCUT2D eigenvalue weighted by Gasteiger charge is 2.17. The molecule has 0 spiro atoms. The van der Waals surface area contributed by atoms with Crippen LogP contribution in [0.2, 0.25) is 0 Å². The van der Waals surface area contributed by atoms with Crippen molar-refractivity contribution in [2.24, 2.45) is 0 Å². The molecular weight excluding hydrogens is 569 g/mol. The maximum atomic E-state index is 9.45. The molecule has 47 heavy (non-hydrogen) atoms. The maximum absolute atomic E-state index is 9.45. The molecule has 0 amide bonds. The number of imidazole rings is 1. The van der Waals surface area contributed by atoms with Crippen LogP contribution in [0.15, 0.2) is 163 Å². The highest BCUT2D eigenvalue weighted by atomic mass is 15.1. The minimum absolute atomic E-state index is 0.0384. The summed E-state index contributed by atoms with van der Waals surface area (Å²) in [6, 6.07) is 12.7. The molecule has 0 saturated carbocycles. The Hall–Kier alpha value is -5.99. The van der Waals surface area contributed by atoms with Gasteiger partial charge >= 0.3 is 0 Å². The van der Waals surface area contributed by atoms with E-state index in [0.29, 0.717) is 17.5 Å². The van der Waals surface area contributed by atoms with Crippen molar-refractivity contribution in [1.82, 2.24) is 9.55 Å². The van der Waals surface area contributed by atoms with E-state index in [4.69, 9.17) is 17.3 Å². The van der Waals surface area contributed by atoms with Crippen LogP contribution in [0.5, 0.6) is 0 Å². The summed E-state index contributed by atoms with van der Waals surface area (Å²) in [5, 5.41) is -1.77. The smallest absolute Gasteiger partial charge is 0.114 e. The van der Waals surface area contributed by atoms with Gasteiger partial charge in [-0.3, -0.25) is 4.57 Å². The molecule has 0 saturated heterocycles. The first-order valence-corrected chi connectivity index (χ1v) is 15.1. The van der Waals surface area contributed by atoms with E-state index in [1.54, 1.807) is 18.2 Å². The number of rotatable bonds is 5. The van der Waals surface area contributed by atoms with Crippen LogP contribution >= 0.6 is 0 Å². The highest BCUT2D eigenvalue weighted by molar-refractivity contribution is 6.21. The monoisotopic (exact) mass is 615 g/mol. The lowest BCUT2D eigenvalue weighted by atomic mass is 9.85. The zero-order chi connectivity index (χ0) is 44.4. The number of para-hydroxylation sites is 2. The van der Waals surface area contributed by atoms with Crippen molar-refractivity contribution in [3.8, 4) is 39.1 Å². The molecule has 1 aromatic heterocycles. The minimum atomic E-state index is -0.735. The number of nitrogens with zero attached hydrogens (tertiary/aromatic N) is 2. The van der Waals surface area contributed by atoms with Gasteiger partial charge in [-0.1, -0.05) is 134 Å². The molecule has 0 N–H and O–H groups in total. The van der Waals surface area contributed by atoms with Gasteiger partial charge in [0.1, 0.15) is 5.82 Å². The number of aromatic nitrogens is 2. The van der Waals surface area contributed by atoms with Crippen LogP contribution in [-0.2, 0) is 6.42 Å². The quantitative estimate of drug-likeness (QED) is 0.176. The number of benzene rings is 8. The van der Waals surface area contributed by atoms with Crippen LogP contribution in [-0.4, -0.2) is 9.55 Å². The van der Waals surface area contributed by atoms with Crippen molar-refractivity contribution in [2.45, 2.75) is 13.3 Å². The van der Waals surface area contributed by atoms with E-state index in [2.05, 4.69) is 4.57 Å². The molecule has 0 aliphatic rings. The third-order valence-electron chi connectivity index (χ3n) is 8.41. The predicted octanol–water partition coefficient (Wildman–Crippen LogP) is 12.0. The summed E-state index contributed by atoms with van der Waals surface area (Å²) in [5.74, 6) is 0.856. The third kappa shape index (κ3) is 4.53. The highest BCUT2D eigenvalue weighted by Crippen LogP contribution is 2.44. The average molecular weight is 616 g/mol. The molecule has 0 unspecified atom stereocenters. The second-order valence-corrected chi connectivity index (χ2v) is 11.1. The standard InChI is InChI=1S/C45H32N2/c1-2-43-46-41-23-9-10-24-42(41)47(43)36-18-12-16-33(29-36)32-15-11-17-34(28-32)44-37-19-5-7-21-39(37)45(40-22-8-6-20-38(40)44)35-26-25-30-13-3-4-14-31(30)27-35/h3-29H,2H2,1H3/i3D,4D,5D,6D,7D,8D,13D,14D,19D,20D,21D,22D,25D,26D,27D. The first-order chi connectivity index (χ1) is 29.5. The van der Waals surface area contributed by atoms with Gasteiger partial charge in [0.25, 0.3) is 0 Å². The van der Waals surface area contributed by atoms with E-state index in [1.165, 1.54) is 0 Å². The fourth-order valence-corrected chi connectivity index (χ4v) is 6.35. The van der Waals surface area contributed by atoms with Crippen molar-refractivity contribution in [3.05, 3.63) is 169 Å². The predicted molar refractivity (Wildman–Crippen MR) is 199 cm³/mol. The van der Waals surface area contributed by atoms with Gasteiger partial charge in [0.15, 0.2) is 0 Å². The van der Waals surface area contributed by atoms with Gasteiger partial charge in [-0.05, 0) is 102 Å². The molecule has 9 aromatic rings. The van der Waals surface area contributed by atoms with Crippen molar-refractivity contribution in [1.29, 1.82) is 0 Å². The number of hydrogen-bond acceptors (Lipinski definition) is 1. The Morgan fingerprint density at radius 1 is 0.553 bits per heavy atom. The zero-order valence-corrected chi connectivity index (χ0v) is 25.0. The van der Waals surface area contributed by atoms with Gasteiger partial charge in [-0.15, -0.1) is 0 Å².